The third kappa shape index (κ3) is 5.29. The van der Waals surface area contributed by atoms with Crippen molar-refractivity contribution in [2.75, 3.05) is 0 Å². The number of thiazole rings is 1. The molecule has 0 aliphatic rings. The summed E-state index contributed by atoms with van der Waals surface area (Å²) >= 11 is 1.00. The van der Waals surface area contributed by atoms with Crippen molar-refractivity contribution in [2.24, 2.45) is 0 Å². The van der Waals surface area contributed by atoms with Gasteiger partial charge in [0.25, 0.3) is 5.91 Å². The lowest BCUT2D eigenvalue weighted by Gasteiger charge is -2.14. The van der Waals surface area contributed by atoms with Crippen LogP contribution >= 0.6 is 11.3 Å². The first-order valence-corrected chi connectivity index (χ1v) is 8.97. The van der Waals surface area contributed by atoms with Crippen LogP contribution in [0, 0.1) is 6.92 Å². The molecular weight excluding hydrogens is 381 g/mol. The van der Waals surface area contributed by atoms with E-state index >= 15 is 0 Å². The van der Waals surface area contributed by atoms with Crippen LogP contribution in [0.4, 0.5) is 13.2 Å². The third-order valence-corrected chi connectivity index (χ3v) is 4.71. The number of esters is 1. The Bertz CT molecular complexity index is 829. The van der Waals surface area contributed by atoms with Gasteiger partial charge in [0, 0.05) is 11.6 Å². The van der Waals surface area contributed by atoms with Crippen LogP contribution in [-0.2, 0) is 15.7 Å². The first-order valence-electron chi connectivity index (χ1n) is 8.15. The van der Waals surface area contributed by atoms with Crippen LogP contribution in [0.1, 0.15) is 41.7 Å². The van der Waals surface area contributed by atoms with Gasteiger partial charge in [-0.25, -0.2) is 9.78 Å². The number of alkyl halides is 3. The fraction of sp³-hybridized carbons (Fsp3) is 0.389. The largest absolute Gasteiger partial charge is 0.448 e. The van der Waals surface area contributed by atoms with Gasteiger partial charge in [-0.05, 0) is 39.8 Å². The number of aromatic nitrogens is 1. The van der Waals surface area contributed by atoms with Crippen LogP contribution in [-0.4, -0.2) is 29.0 Å². The molecule has 1 atom stereocenters. The standard InChI is InChI=1S/C18H19F3N2O3S/c1-9(2)22-15(24)11(4)26-17(25)14-10(3)23-16(27-14)12-5-7-13(8-6-12)18(19,20)21/h5-9,11H,1-4H3,(H,22,24). The zero-order chi connectivity index (χ0) is 20.4. The number of aryl methyl sites for hydroxylation is 1. The molecule has 1 aromatic carbocycles. The molecule has 0 radical (unpaired) electrons. The second-order valence-corrected chi connectivity index (χ2v) is 7.22. The number of hydrogen-bond donors (Lipinski definition) is 1. The zero-order valence-corrected chi connectivity index (χ0v) is 16.0. The Morgan fingerprint density at radius 1 is 1.15 bits per heavy atom. The number of benzene rings is 1. The van der Waals surface area contributed by atoms with Crippen molar-refractivity contribution in [1.82, 2.24) is 10.3 Å². The average Bonchev–Trinajstić information content (AvgIpc) is 2.95. The Morgan fingerprint density at radius 3 is 2.26 bits per heavy atom. The lowest BCUT2D eigenvalue weighted by molar-refractivity contribution is -0.137. The Hall–Kier alpha value is -2.42. The number of carbonyl (C=O) groups is 2. The van der Waals surface area contributed by atoms with E-state index in [0.29, 0.717) is 16.3 Å². The van der Waals surface area contributed by atoms with Crippen molar-refractivity contribution >= 4 is 23.2 Å². The molecule has 2 rings (SSSR count). The Kier molecular flexibility index (Phi) is 6.25. The summed E-state index contributed by atoms with van der Waals surface area (Å²) in [5.74, 6) is -1.11. The van der Waals surface area contributed by atoms with E-state index in [4.69, 9.17) is 4.74 Å². The third-order valence-electron chi connectivity index (χ3n) is 3.53. The molecule has 0 aliphatic carbocycles. The van der Waals surface area contributed by atoms with Crippen molar-refractivity contribution in [3.63, 3.8) is 0 Å². The molecule has 0 spiro atoms. The van der Waals surface area contributed by atoms with Gasteiger partial charge in [-0.2, -0.15) is 13.2 Å². The van der Waals surface area contributed by atoms with Crippen LogP contribution in [0.15, 0.2) is 24.3 Å². The fourth-order valence-corrected chi connectivity index (χ4v) is 3.14. The van der Waals surface area contributed by atoms with Crippen LogP contribution < -0.4 is 5.32 Å². The number of halogens is 3. The normalized spacial score (nSPS) is 12.7. The number of rotatable bonds is 5. The molecular formula is C18H19F3N2O3S. The minimum atomic E-state index is -4.42. The Labute approximate surface area is 158 Å². The van der Waals surface area contributed by atoms with Crippen molar-refractivity contribution in [3.05, 3.63) is 40.4 Å². The summed E-state index contributed by atoms with van der Waals surface area (Å²) in [4.78, 5) is 28.6. The summed E-state index contributed by atoms with van der Waals surface area (Å²) < 4.78 is 43.1. The molecule has 0 saturated carbocycles. The highest BCUT2D eigenvalue weighted by Crippen LogP contribution is 2.33. The summed E-state index contributed by atoms with van der Waals surface area (Å²) in [6.45, 7) is 6.63. The molecule has 2 aromatic rings. The van der Waals surface area contributed by atoms with E-state index in [1.807, 2.05) is 0 Å². The van der Waals surface area contributed by atoms with Crippen molar-refractivity contribution in [1.29, 1.82) is 0 Å². The van der Waals surface area contributed by atoms with Crippen LogP contribution in [0.5, 0.6) is 0 Å². The lowest BCUT2D eigenvalue weighted by Crippen LogP contribution is -2.39. The van der Waals surface area contributed by atoms with E-state index in [9.17, 15) is 22.8 Å². The molecule has 1 aromatic heterocycles. The Morgan fingerprint density at radius 2 is 1.74 bits per heavy atom. The monoisotopic (exact) mass is 400 g/mol. The summed E-state index contributed by atoms with van der Waals surface area (Å²) in [6, 6.07) is 4.43. The van der Waals surface area contributed by atoms with Gasteiger partial charge < -0.3 is 10.1 Å². The highest BCUT2D eigenvalue weighted by molar-refractivity contribution is 7.17. The van der Waals surface area contributed by atoms with Crippen LogP contribution in [0.2, 0.25) is 0 Å². The van der Waals surface area contributed by atoms with Gasteiger partial charge >= 0.3 is 12.1 Å². The molecule has 27 heavy (non-hydrogen) atoms. The summed E-state index contributed by atoms with van der Waals surface area (Å²) in [5.41, 5.74) is 0.0845. The number of nitrogens with one attached hydrogen (secondary N) is 1. The quantitative estimate of drug-likeness (QED) is 0.764. The number of ether oxygens (including phenoxy) is 1. The van der Waals surface area contributed by atoms with Gasteiger partial charge in [0.2, 0.25) is 0 Å². The van der Waals surface area contributed by atoms with E-state index in [0.717, 1.165) is 23.5 Å². The topological polar surface area (TPSA) is 68.3 Å². The highest BCUT2D eigenvalue weighted by atomic mass is 32.1. The van der Waals surface area contributed by atoms with Gasteiger partial charge in [0.15, 0.2) is 6.10 Å². The minimum absolute atomic E-state index is 0.0879. The molecule has 146 valence electrons. The first-order chi connectivity index (χ1) is 12.5. The van der Waals surface area contributed by atoms with Gasteiger partial charge in [0.05, 0.1) is 11.3 Å². The number of carbonyl (C=O) groups excluding carboxylic acids is 2. The molecule has 1 heterocycles. The summed E-state index contributed by atoms with van der Waals surface area (Å²) in [6.07, 6.45) is -5.39. The minimum Gasteiger partial charge on any atom is -0.448 e. The van der Waals surface area contributed by atoms with Gasteiger partial charge in [-0.1, -0.05) is 12.1 Å². The van der Waals surface area contributed by atoms with E-state index < -0.39 is 29.7 Å². The number of nitrogens with zero attached hydrogens (tertiary/aromatic N) is 1. The molecule has 1 N–H and O–H groups in total. The first kappa shape index (κ1) is 20.9. The van der Waals surface area contributed by atoms with E-state index in [1.165, 1.54) is 19.1 Å². The summed E-state index contributed by atoms with van der Waals surface area (Å²) in [5, 5.41) is 3.04. The van der Waals surface area contributed by atoms with E-state index in [-0.39, 0.29) is 10.9 Å². The molecule has 9 heteroatoms. The molecule has 1 unspecified atom stereocenters. The molecule has 0 aliphatic heterocycles. The van der Waals surface area contributed by atoms with Gasteiger partial charge in [-0.15, -0.1) is 11.3 Å². The predicted octanol–water partition coefficient (Wildman–Crippen LogP) is 4.21. The summed E-state index contributed by atoms with van der Waals surface area (Å²) in [7, 11) is 0. The van der Waals surface area contributed by atoms with Crippen molar-refractivity contribution in [2.45, 2.75) is 46.0 Å². The molecule has 0 bridgehead atoms. The Balaban J connectivity index is 2.16. The molecule has 0 saturated heterocycles. The second kappa shape index (κ2) is 8.08. The maximum atomic E-state index is 12.7. The van der Waals surface area contributed by atoms with E-state index in [1.54, 1.807) is 20.8 Å². The second-order valence-electron chi connectivity index (χ2n) is 6.22. The molecule has 1 amide bonds. The SMILES string of the molecule is Cc1nc(-c2ccc(C(F)(F)F)cc2)sc1C(=O)OC(C)C(=O)NC(C)C. The van der Waals surface area contributed by atoms with Crippen molar-refractivity contribution in [3.8, 4) is 10.6 Å². The van der Waals surface area contributed by atoms with Crippen molar-refractivity contribution < 1.29 is 27.5 Å². The molecule has 0 fully saturated rings. The highest BCUT2D eigenvalue weighted by Gasteiger charge is 2.30. The van der Waals surface area contributed by atoms with Gasteiger partial charge in [-0.3, -0.25) is 4.79 Å². The zero-order valence-electron chi connectivity index (χ0n) is 15.2. The van der Waals surface area contributed by atoms with E-state index in [2.05, 4.69) is 10.3 Å². The molecule has 5 nitrogen and oxygen atoms in total. The fourth-order valence-electron chi connectivity index (χ4n) is 2.18. The number of amides is 1. The lowest BCUT2D eigenvalue weighted by atomic mass is 10.1. The number of hydrogen-bond acceptors (Lipinski definition) is 5. The van der Waals surface area contributed by atoms with Gasteiger partial charge in [0.1, 0.15) is 9.88 Å². The maximum absolute atomic E-state index is 12.7. The smallest absolute Gasteiger partial charge is 0.416 e. The van der Waals surface area contributed by atoms with Crippen LogP contribution in [0.25, 0.3) is 10.6 Å². The average molecular weight is 400 g/mol. The van der Waals surface area contributed by atoms with Crippen LogP contribution in [0.3, 0.4) is 0 Å². The maximum Gasteiger partial charge on any atom is 0.416 e. The predicted molar refractivity (Wildman–Crippen MR) is 95.4 cm³/mol.